The monoisotopic (exact) mass is 302 g/mol. The Morgan fingerprint density at radius 1 is 1.00 bits per heavy atom. The van der Waals surface area contributed by atoms with Gasteiger partial charge in [0.1, 0.15) is 0 Å². The lowest BCUT2D eigenvalue weighted by Crippen LogP contribution is -1.95. The first-order valence-corrected chi connectivity index (χ1v) is 8.95. The van der Waals surface area contributed by atoms with Crippen LogP contribution in [0.15, 0.2) is 29.6 Å². The zero-order valence-electron chi connectivity index (χ0n) is 13.0. The first-order chi connectivity index (χ1) is 10.3. The summed E-state index contributed by atoms with van der Waals surface area (Å²) in [5.41, 5.74) is 9.09. The largest absolute Gasteiger partial charge is 0.326 e. The molecule has 0 bridgehead atoms. The molecular formula is C18H26N2S. The van der Waals surface area contributed by atoms with Gasteiger partial charge in [0.05, 0.1) is 10.7 Å². The molecule has 0 saturated heterocycles. The molecule has 0 amide bonds. The van der Waals surface area contributed by atoms with E-state index >= 15 is 0 Å². The first kappa shape index (κ1) is 16.2. The Balaban J connectivity index is 1.80. The van der Waals surface area contributed by atoms with E-state index in [0.29, 0.717) is 6.54 Å². The average molecular weight is 302 g/mol. The van der Waals surface area contributed by atoms with Crippen LogP contribution < -0.4 is 5.73 Å². The second-order valence-corrected chi connectivity index (χ2v) is 6.49. The maximum absolute atomic E-state index is 5.63. The Labute approximate surface area is 132 Å². The summed E-state index contributed by atoms with van der Waals surface area (Å²) in [5, 5.41) is 3.44. The van der Waals surface area contributed by atoms with Crippen molar-refractivity contribution in [1.82, 2.24) is 4.98 Å². The van der Waals surface area contributed by atoms with Crippen molar-refractivity contribution in [3.63, 3.8) is 0 Å². The lowest BCUT2D eigenvalue weighted by Gasteiger charge is -2.00. The van der Waals surface area contributed by atoms with Gasteiger partial charge in [0.2, 0.25) is 0 Å². The Bertz CT molecular complexity index is 516. The Morgan fingerprint density at radius 3 is 2.43 bits per heavy atom. The van der Waals surface area contributed by atoms with Gasteiger partial charge in [-0.3, -0.25) is 0 Å². The fourth-order valence-electron chi connectivity index (χ4n) is 2.43. The van der Waals surface area contributed by atoms with E-state index in [-0.39, 0.29) is 0 Å². The smallest absolute Gasteiger partial charge is 0.0932 e. The maximum atomic E-state index is 5.63. The molecule has 2 nitrogen and oxygen atoms in total. The number of hydrogen-bond donors (Lipinski definition) is 1. The number of benzene rings is 1. The number of thiazole rings is 1. The summed E-state index contributed by atoms with van der Waals surface area (Å²) in [6, 6.07) is 8.40. The van der Waals surface area contributed by atoms with Crippen LogP contribution in [0.5, 0.6) is 0 Å². The quantitative estimate of drug-likeness (QED) is 0.649. The topological polar surface area (TPSA) is 38.9 Å². The fourth-order valence-corrected chi connectivity index (χ4v) is 3.28. The van der Waals surface area contributed by atoms with Gasteiger partial charge in [-0.1, -0.05) is 63.3 Å². The minimum Gasteiger partial charge on any atom is -0.326 e. The summed E-state index contributed by atoms with van der Waals surface area (Å²) in [4.78, 5) is 4.76. The third-order valence-corrected chi connectivity index (χ3v) is 4.69. The van der Waals surface area contributed by atoms with Crippen LogP contribution in [-0.4, -0.2) is 4.98 Å². The van der Waals surface area contributed by atoms with E-state index in [1.165, 1.54) is 54.7 Å². The van der Waals surface area contributed by atoms with E-state index in [9.17, 15) is 0 Å². The van der Waals surface area contributed by atoms with E-state index in [1.54, 1.807) is 11.3 Å². The molecule has 1 aromatic carbocycles. The molecule has 0 saturated carbocycles. The van der Waals surface area contributed by atoms with Crippen LogP contribution in [0.4, 0.5) is 0 Å². The summed E-state index contributed by atoms with van der Waals surface area (Å²) < 4.78 is 0. The molecule has 0 spiro atoms. The lowest BCUT2D eigenvalue weighted by atomic mass is 10.1. The van der Waals surface area contributed by atoms with Crippen LogP contribution in [0.25, 0.3) is 11.3 Å². The molecule has 0 atom stereocenters. The minimum atomic E-state index is 0.598. The van der Waals surface area contributed by atoms with Crippen molar-refractivity contribution in [2.45, 2.75) is 58.4 Å². The van der Waals surface area contributed by atoms with Crippen LogP contribution in [0.1, 0.15) is 56.0 Å². The molecule has 0 unspecified atom stereocenters. The van der Waals surface area contributed by atoms with Crippen LogP contribution in [0.3, 0.4) is 0 Å². The molecule has 1 aromatic heterocycles. The van der Waals surface area contributed by atoms with Crippen LogP contribution in [-0.2, 0) is 13.0 Å². The summed E-state index contributed by atoms with van der Waals surface area (Å²) in [5.74, 6) is 0. The predicted octanol–water partition coefficient (Wildman–Crippen LogP) is 5.17. The third kappa shape index (κ3) is 5.25. The van der Waals surface area contributed by atoms with Crippen LogP contribution >= 0.6 is 11.3 Å². The van der Waals surface area contributed by atoms with Crippen molar-refractivity contribution < 1.29 is 0 Å². The van der Waals surface area contributed by atoms with E-state index in [2.05, 4.69) is 36.6 Å². The summed E-state index contributed by atoms with van der Waals surface area (Å²) >= 11 is 1.79. The van der Waals surface area contributed by atoms with Gasteiger partial charge in [0.25, 0.3) is 0 Å². The number of unbranched alkanes of at least 4 members (excludes halogenated alkanes) is 5. The SMILES string of the molecule is CCCCCCCCc1nc(-c2ccc(CN)cc2)cs1. The normalized spacial score (nSPS) is 11.0. The Morgan fingerprint density at radius 2 is 1.71 bits per heavy atom. The van der Waals surface area contributed by atoms with E-state index in [1.807, 2.05) is 0 Å². The second-order valence-electron chi connectivity index (χ2n) is 5.55. The first-order valence-electron chi connectivity index (χ1n) is 8.07. The number of rotatable bonds is 9. The predicted molar refractivity (Wildman–Crippen MR) is 92.5 cm³/mol. The lowest BCUT2D eigenvalue weighted by molar-refractivity contribution is 0.607. The number of nitrogens with two attached hydrogens (primary N) is 1. The molecule has 0 aliphatic carbocycles. The highest BCUT2D eigenvalue weighted by Crippen LogP contribution is 2.23. The van der Waals surface area contributed by atoms with Gasteiger partial charge < -0.3 is 5.73 Å². The van der Waals surface area contributed by atoms with E-state index in [4.69, 9.17) is 10.7 Å². The molecule has 3 heteroatoms. The van der Waals surface area contributed by atoms with Crippen molar-refractivity contribution in [3.8, 4) is 11.3 Å². The van der Waals surface area contributed by atoms with Gasteiger partial charge in [0, 0.05) is 17.5 Å². The molecule has 0 fully saturated rings. The molecular weight excluding hydrogens is 276 g/mol. The van der Waals surface area contributed by atoms with Gasteiger partial charge in [-0.2, -0.15) is 0 Å². The highest BCUT2D eigenvalue weighted by Gasteiger charge is 2.04. The Hall–Kier alpha value is -1.19. The van der Waals surface area contributed by atoms with Crippen LogP contribution in [0, 0.1) is 0 Å². The van der Waals surface area contributed by atoms with E-state index in [0.717, 1.165) is 12.1 Å². The van der Waals surface area contributed by atoms with Gasteiger partial charge in [-0.05, 0) is 18.4 Å². The van der Waals surface area contributed by atoms with Gasteiger partial charge in [-0.15, -0.1) is 11.3 Å². The highest BCUT2D eigenvalue weighted by molar-refractivity contribution is 7.09. The molecule has 21 heavy (non-hydrogen) atoms. The van der Waals surface area contributed by atoms with Gasteiger partial charge in [0.15, 0.2) is 0 Å². The molecule has 2 aromatic rings. The number of aryl methyl sites for hydroxylation is 1. The average Bonchev–Trinajstić information content (AvgIpc) is 3.00. The zero-order valence-corrected chi connectivity index (χ0v) is 13.8. The summed E-state index contributed by atoms with van der Waals surface area (Å²) in [6.45, 7) is 2.86. The van der Waals surface area contributed by atoms with Crippen molar-refractivity contribution in [2.75, 3.05) is 0 Å². The molecule has 114 valence electrons. The molecule has 0 radical (unpaired) electrons. The fraction of sp³-hybridized carbons (Fsp3) is 0.500. The second kappa shape index (κ2) is 8.96. The van der Waals surface area contributed by atoms with Crippen molar-refractivity contribution in [1.29, 1.82) is 0 Å². The molecule has 1 heterocycles. The zero-order chi connectivity index (χ0) is 14.9. The minimum absolute atomic E-state index is 0.598. The van der Waals surface area contributed by atoms with Crippen molar-refractivity contribution >= 4 is 11.3 Å². The van der Waals surface area contributed by atoms with Gasteiger partial charge in [-0.25, -0.2) is 4.98 Å². The van der Waals surface area contributed by atoms with E-state index < -0.39 is 0 Å². The molecule has 2 N–H and O–H groups in total. The Kier molecular flexibility index (Phi) is 6.90. The van der Waals surface area contributed by atoms with Gasteiger partial charge >= 0.3 is 0 Å². The maximum Gasteiger partial charge on any atom is 0.0932 e. The van der Waals surface area contributed by atoms with Crippen molar-refractivity contribution in [3.05, 3.63) is 40.2 Å². The third-order valence-electron chi connectivity index (χ3n) is 3.78. The summed E-state index contributed by atoms with van der Waals surface area (Å²) in [7, 11) is 0. The summed E-state index contributed by atoms with van der Waals surface area (Å²) in [6.07, 6.45) is 9.17. The number of hydrogen-bond acceptors (Lipinski definition) is 3. The molecule has 0 aliphatic heterocycles. The molecule has 0 aliphatic rings. The highest BCUT2D eigenvalue weighted by atomic mass is 32.1. The van der Waals surface area contributed by atoms with Crippen LogP contribution in [0.2, 0.25) is 0 Å². The molecule has 2 rings (SSSR count). The standard InChI is InChI=1S/C18H26N2S/c1-2-3-4-5-6-7-8-18-20-17(14-21-18)16-11-9-15(13-19)10-12-16/h9-12,14H,2-8,13,19H2,1H3. The van der Waals surface area contributed by atoms with Crippen molar-refractivity contribution in [2.24, 2.45) is 5.73 Å². The number of aromatic nitrogens is 1. The number of nitrogens with zero attached hydrogens (tertiary/aromatic N) is 1.